The SMILES string of the molecule is CC(=O)O/N=C(/N)c1ccc(CN(CCCN2CCCC2)C(=O)CNC(=O)CN(CCc2ccccc2)S(=O)(=O)c2ccc(Cl)c(C)c2Cl)cc1. The van der Waals surface area contributed by atoms with Crippen molar-refractivity contribution in [2.45, 2.75) is 51.0 Å². The number of hydrogen-bond acceptors (Lipinski definition) is 8. The lowest BCUT2D eigenvalue weighted by Crippen LogP contribution is -2.45. The van der Waals surface area contributed by atoms with Crippen LogP contribution in [0, 0.1) is 6.92 Å². The monoisotopic (exact) mass is 758 g/mol. The lowest BCUT2D eigenvalue weighted by molar-refractivity contribution is -0.141. The van der Waals surface area contributed by atoms with Crippen LogP contribution in [0.4, 0.5) is 0 Å². The Kier molecular flexibility index (Phi) is 14.8. The summed E-state index contributed by atoms with van der Waals surface area (Å²) in [6, 6.07) is 19.1. The molecule has 12 nitrogen and oxygen atoms in total. The van der Waals surface area contributed by atoms with Crippen molar-refractivity contribution in [3.8, 4) is 0 Å². The van der Waals surface area contributed by atoms with Crippen LogP contribution in [0.1, 0.15) is 48.4 Å². The summed E-state index contributed by atoms with van der Waals surface area (Å²) in [5, 5.41) is 6.55. The number of carbonyl (C=O) groups excluding carboxylic acids is 3. The van der Waals surface area contributed by atoms with Gasteiger partial charge < -0.3 is 25.7 Å². The van der Waals surface area contributed by atoms with E-state index in [0.29, 0.717) is 29.1 Å². The zero-order chi connectivity index (χ0) is 37.0. The molecule has 3 aromatic carbocycles. The number of sulfonamides is 1. The van der Waals surface area contributed by atoms with Crippen LogP contribution < -0.4 is 11.1 Å². The number of rotatable bonds is 17. The highest BCUT2D eigenvalue weighted by Gasteiger charge is 2.30. The molecule has 3 N–H and O–H groups in total. The molecule has 1 aliphatic heterocycles. The standard InChI is InChI=1S/C36H44Cl2N6O6S/c1-26-31(37)15-16-32(35(26)38)51(48,49)44(22-17-28-9-4-3-5-10-28)25-33(46)40-23-34(47)43(21-8-20-42-18-6-7-19-42)24-29-11-13-30(14-12-29)36(39)41-50-27(2)45/h3-5,9-16H,6-8,17-25H2,1-2H3,(H2,39,41)(H,40,46). The molecule has 0 bridgehead atoms. The van der Waals surface area contributed by atoms with Crippen LogP contribution in [0.3, 0.4) is 0 Å². The topological polar surface area (TPSA) is 155 Å². The van der Waals surface area contributed by atoms with Crippen LogP contribution in [0.15, 0.2) is 76.8 Å². The summed E-state index contributed by atoms with van der Waals surface area (Å²) in [6.45, 7) is 5.63. The number of nitrogens with two attached hydrogens (primary N) is 1. The van der Waals surface area contributed by atoms with Crippen LogP contribution in [0.5, 0.6) is 0 Å². The maximum Gasteiger partial charge on any atom is 0.332 e. The second-order valence-electron chi connectivity index (χ2n) is 12.3. The first-order valence-electron chi connectivity index (χ1n) is 16.7. The van der Waals surface area contributed by atoms with E-state index in [2.05, 4.69) is 20.2 Å². The zero-order valence-corrected chi connectivity index (χ0v) is 31.1. The fraction of sp³-hybridized carbons (Fsp3) is 0.389. The van der Waals surface area contributed by atoms with Gasteiger partial charge in [-0.15, -0.1) is 0 Å². The molecule has 1 saturated heterocycles. The minimum Gasteiger partial charge on any atom is -0.380 e. The molecule has 274 valence electrons. The number of carbonyl (C=O) groups is 3. The third-order valence-electron chi connectivity index (χ3n) is 8.50. The second kappa shape index (κ2) is 19.0. The normalized spacial score (nSPS) is 13.7. The van der Waals surface area contributed by atoms with Crippen molar-refractivity contribution in [2.75, 3.05) is 45.8 Å². The van der Waals surface area contributed by atoms with Gasteiger partial charge >= 0.3 is 5.97 Å². The summed E-state index contributed by atoms with van der Waals surface area (Å²) in [5.74, 6) is -1.51. The van der Waals surface area contributed by atoms with Crippen molar-refractivity contribution in [1.82, 2.24) is 19.4 Å². The Labute approximate surface area is 309 Å². The van der Waals surface area contributed by atoms with Crippen molar-refractivity contribution >= 4 is 56.8 Å². The van der Waals surface area contributed by atoms with Gasteiger partial charge in [0.25, 0.3) is 0 Å². The Hall–Kier alpha value is -4.01. The summed E-state index contributed by atoms with van der Waals surface area (Å²) < 4.78 is 28.8. The highest BCUT2D eigenvalue weighted by molar-refractivity contribution is 7.89. The molecular formula is C36H44Cl2N6O6S. The third-order valence-corrected chi connectivity index (χ3v) is 11.4. The summed E-state index contributed by atoms with van der Waals surface area (Å²) in [5.41, 5.74) is 8.57. The lowest BCUT2D eigenvalue weighted by atomic mass is 10.1. The lowest BCUT2D eigenvalue weighted by Gasteiger charge is -2.25. The van der Waals surface area contributed by atoms with Gasteiger partial charge in [0.2, 0.25) is 21.8 Å². The number of nitrogens with one attached hydrogen (secondary N) is 1. The summed E-state index contributed by atoms with van der Waals surface area (Å²) in [4.78, 5) is 46.5. The van der Waals surface area contributed by atoms with E-state index in [4.69, 9.17) is 28.9 Å². The minimum atomic E-state index is -4.23. The zero-order valence-electron chi connectivity index (χ0n) is 28.8. The highest BCUT2D eigenvalue weighted by atomic mass is 35.5. The van der Waals surface area contributed by atoms with E-state index in [0.717, 1.165) is 54.3 Å². The Balaban J connectivity index is 1.45. The molecule has 1 aliphatic rings. The van der Waals surface area contributed by atoms with Crippen molar-refractivity contribution in [3.63, 3.8) is 0 Å². The average molecular weight is 760 g/mol. The van der Waals surface area contributed by atoms with Crippen LogP contribution in [-0.4, -0.2) is 92.0 Å². The van der Waals surface area contributed by atoms with E-state index in [-0.39, 0.29) is 41.3 Å². The van der Waals surface area contributed by atoms with Crippen molar-refractivity contribution in [1.29, 1.82) is 0 Å². The van der Waals surface area contributed by atoms with Gasteiger partial charge in [-0.25, -0.2) is 13.2 Å². The Morgan fingerprint density at radius 2 is 1.65 bits per heavy atom. The second-order valence-corrected chi connectivity index (χ2v) is 15.0. The van der Waals surface area contributed by atoms with Crippen LogP contribution in [0.2, 0.25) is 10.0 Å². The predicted octanol–water partition coefficient (Wildman–Crippen LogP) is 4.35. The van der Waals surface area contributed by atoms with Gasteiger partial charge in [0, 0.05) is 37.1 Å². The summed E-state index contributed by atoms with van der Waals surface area (Å²) in [7, 11) is -4.23. The molecule has 2 amide bonds. The third kappa shape index (κ3) is 11.8. The van der Waals surface area contributed by atoms with E-state index in [1.165, 1.54) is 19.1 Å². The molecule has 0 saturated carbocycles. The smallest absolute Gasteiger partial charge is 0.332 e. The van der Waals surface area contributed by atoms with E-state index >= 15 is 0 Å². The van der Waals surface area contributed by atoms with Gasteiger partial charge in [0.15, 0.2) is 5.84 Å². The number of nitrogens with zero attached hydrogens (tertiary/aromatic N) is 4. The average Bonchev–Trinajstić information content (AvgIpc) is 3.64. The largest absolute Gasteiger partial charge is 0.380 e. The van der Waals surface area contributed by atoms with Crippen molar-refractivity contribution < 1.29 is 27.6 Å². The highest BCUT2D eigenvalue weighted by Crippen LogP contribution is 2.32. The molecule has 0 aliphatic carbocycles. The number of amidine groups is 1. The quantitative estimate of drug-likeness (QED) is 0.0892. The number of benzene rings is 3. The van der Waals surface area contributed by atoms with E-state index in [9.17, 15) is 22.8 Å². The molecule has 1 fully saturated rings. The fourth-order valence-electron chi connectivity index (χ4n) is 5.61. The molecule has 0 radical (unpaired) electrons. The summed E-state index contributed by atoms with van der Waals surface area (Å²) in [6.07, 6.45) is 3.41. The molecule has 3 aromatic rings. The number of halogens is 2. The van der Waals surface area contributed by atoms with Crippen LogP contribution in [0.25, 0.3) is 0 Å². The molecule has 4 rings (SSSR count). The maximum atomic E-state index is 13.9. The maximum absolute atomic E-state index is 13.9. The van der Waals surface area contributed by atoms with Gasteiger partial charge in [-0.1, -0.05) is 83.0 Å². The predicted molar refractivity (Wildman–Crippen MR) is 198 cm³/mol. The number of oxime groups is 1. The number of amides is 2. The molecule has 0 aromatic heterocycles. The van der Waals surface area contributed by atoms with Crippen LogP contribution in [-0.2, 0) is 42.2 Å². The van der Waals surface area contributed by atoms with Crippen molar-refractivity contribution in [2.24, 2.45) is 10.9 Å². The molecular weight excluding hydrogens is 715 g/mol. The molecule has 1 heterocycles. The molecule has 15 heteroatoms. The van der Waals surface area contributed by atoms with Crippen molar-refractivity contribution in [3.05, 3.63) is 99.0 Å². The molecule has 0 unspecified atom stereocenters. The van der Waals surface area contributed by atoms with E-state index in [1.807, 2.05) is 30.3 Å². The molecule has 0 spiro atoms. The van der Waals surface area contributed by atoms with Gasteiger partial charge in [0.1, 0.15) is 4.90 Å². The number of likely N-dealkylation sites (tertiary alicyclic amines) is 1. The van der Waals surface area contributed by atoms with Gasteiger partial charge in [-0.3, -0.25) is 9.59 Å². The Morgan fingerprint density at radius 3 is 2.31 bits per heavy atom. The first-order valence-corrected chi connectivity index (χ1v) is 18.9. The summed E-state index contributed by atoms with van der Waals surface area (Å²) >= 11 is 12.6. The number of hydrogen-bond donors (Lipinski definition) is 2. The van der Waals surface area contributed by atoms with Gasteiger partial charge in [-0.05, 0) is 81.1 Å². The van der Waals surface area contributed by atoms with Crippen LogP contribution >= 0.6 is 23.2 Å². The first kappa shape index (κ1) is 39.8. The Morgan fingerprint density at radius 1 is 0.961 bits per heavy atom. The van der Waals surface area contributed by atoms with E-state index < -0.39 is 28.4 Å². The Bertz CT molecular complexity index is 1800. The fourth-order valence-corrected chi connectivity index (χ4v) is 7.79. The van der Waals surface area contributed by atoms with Gasteiger partial charge in [-0.2, -0.15) is 4.31 Å². The van der Waals surface area contributed by atoms with E-state index in [1.54, 1.807) is 36.1 Å². The molecule has 51 heavy (non-hydrogen) atoms. The minimum absolute atomic E-state index is 0.000433. The first-order chi connectivity index (χ1) is 24.3. The van der Waals surface area contributed by atoms with Gasteiger partial charge in [0.05, 0.1) is 18.1 Å². The molecule has 0 atom stereocenters.